The SMILES string of the molecule is CCc1cc2c(NCC(C)(C)CCO)nc(NC)nc2s1. The Hall–Kier alpha value is -1.40. The van der Waals surface area contributed by atoms with Crippen LogP contribution in [-0.4, -0.2) is 35.3 Å². The van der Waals surface area contributed by atoms with Gasteiger partial charge in [-0.05, 0) is 24.3 Å². The van der Waals surface area contributed by atoms with Crippen LogP contribution in [0, 0.1) is 5.41 Å². The molecule has 0 fully saturated rings. The number of nitrogens with one attached hydrogen (secondary N) is 2. The van der Waals surface area contributed by atoms with Crippen molar-refractivity contribution in [3.8, 4) is 0 Å². The van der Waals surface area contributed by atoms with Crippen molar-refractivity contribution in [3.05, 3.63) is 10.9 Å². The maximum atomic E-state index is 9.13. The van der Waals surface area contributed by atoms with Crippen molar-refractivity contribution in [2.24, 2.45) is 5.41 Å². The monoisotopic (exact) mass is 308 g/mol. The van der Waals surface area contributed by atoms with Crippen LogP contribution in [0.3, 0.4) is 0 Å². The summed E-state index contributed by atoms with van der Waals surface area (Å²) in [7, 11) is 1.83. The van der Waals surface area contributed by atoms with Gasteiger partial charge in [-0.3, -0.25) is 0 Å². The molecule has 0 atom stereocenters. The number of aryl methyl sites for hydroxylation is 1. The molecule has 21 heavy (non-hydrogen) atoms. The molecule has 2 heterocycles. The molecule has 0 saturated heterocycles. The third-order valence-corrected chi connectivity index (χ3v) is 4.71. The summed E-state index contributed by atoms with van der Waals surface area (Å²) in [4.78, 5) is 11.4. The van der Waals surface area contributed by atoms with E-state index >= 15 is 0 Å². The van der Waals surface area contributed by atoms with E-state index in [1.54, 1.807) is 11.3 Å². The first-order valence-electron chi connectivity index (χ1n) is 7.32. The highest BCUT2D eigenvalue weighted by molar-refractivity contribution is 7.18. The lowest BCUT2D eigenvalue weighted by Gasteiger charge is -2.24. The van der Waals surface area contributed by atoms with Gasteiger partial charge in [-0.2, -0.15) is 4.98 Å². The molecule has 0 bridgehead atoms. The molecule has 0 aromatic carbocycles. The molecule has 2 rings (SSSR count). The van der Waals surface area contributed by atoms with Gasteiger partial charge < -0.3 is 15.7 Å². The molecule has 116 valence electrons. The smallest absolute Gasteiger partial charge is 0.225 e. The first-order chi connectivity index (χ1) is 9.99. The molecule has 2 aromatic rings. The number of thiophene rings is 1. The molecule has 3 N–H and O–H groups in total. The van der Waals surface area contributed by atoms with Gasteiger partial charge in [0.2, 0.25) is 5.95 Å². The molecule has 0 aliphatic heterocycles. The molecule has 0 radical (unpaired) electrons. The molecule has 0 aliphatic carbocycles. The zero-order valence-electron chi connectivity index (χ0n) is 13.2. The van der Waals surface area contributed by atoms with Crippen LogP contribution in [0.15, 0.2) is 6.07 Å². The number of rotatable bonds is 7. The largest absolute Gasteiger partial charge is 0.396 e. The molecular formula is C15H24N4OS. The fraction of sp³-hybridized carbons (Fsp3) is 0.600. The van der Waals surface area contributed by atoms with Crippen LogP contribution in [0.5, 0.6) is 0 Å². The maximum absolute atomic E-state index is 9.13. The molecule has 0 unspecified atom stereocenters. The average molecular weight is 308 g/mol. The summed E-state index contributed by atoms with van der Waals surface area (Å²) in [6, 6.07) is 2.17. The molecule has 0 saturated carbocycles. The van der Waals surface area contributed by atoms with Gasteiger partial charge in [0, 0.05) is 25.1 Å². The van der Waals surface area contributed by atoms with E-state index in [0.717, 1.165) is 35.4 Å². The summed E-state index contributed by atoms with van der Waals surface area (Å²) in [6.07, 6.45) is 1.77. The van der Waals surface area contributed by atoms with Gasteiger partial charge in [-0.25, -0.2) is 4.98 Å². The van der Waals surface area contributed by atoms with Gasteiger partial charge in [-0.15, -0.1) is 11.3 Å². The fourth-order valence-electron chi connectivity index (χ4n) is 2.11. The number of hydrogen-bond acceptors (Lipinski definition) is 6. The second-order valence-electron chi connectivity index (χ2n) is 5.92. The number of nitrogens with zero attached hydrogens (tertiary/aromatic N) is 2. The van der Waals surface area contributed by atoms with Crippen molar-refractivity contribution in [3.63, 3.8) is 0 Å². The maximum Gasteiger partial charge on any atom is 0.225 e. The molecule has 6 heteroatoms. The van der Waals surface area contributed by atoms with Gasteiger partial charge in [0.05, 0.1) is 5.39 Å². The van der Waals surface area contributed by atoms with Crippen LogP contribution in [-0.2, 0) is 6.42 Å². The minimum absolute atomic E-state index is 0.0233. The number of hydrogen-bond donors (Lipinski definition) is 3. The number of aliphatic hydroxyl groups excluding tert-OH is 1. The third kappa shape index (κ3) is 3.83. The first-order valence-corrected chi connectivity index (χ1v) is 8.13. The molecule has 0 amide bonds. The Labute approximate surface area is 129 Å². The van der Waals surface area contributed by atoms with Crippen LogP contribution in [0.1, 0.15) is 32.1 Å². The zero-order chi connectivity index (χ0) is 15.5. The van der Waals surface area contributed by atoms with Crippen LogP contribution in [0.4, 0.5) is 11.8 Å². The number of aliphatic hydroxyl groups is 1. The van der Waals surface area contributed by atoms with Crippen molar-refractivity contribution < 1.29 is 5.11 Å². The Morgan fingerprint density at radius 1 is 1.33 bits per heavy atom. The number of fused-ring (bicyclic) bond motifs is 1. The summed E-state index contributed by atoms with van der Waals surface area (Å²) in [5.41, 5.74) is 0.0233. The van der Waals surface area contributed by atoms with E-state index in [9.17, 15) is 0 Å². The van der Waals surface area contributed by atoms with Crippen LogP contribution < -0.4 is 10.6 Å². The summed E-state index contributed by atoms with van der Waals surface area (Å²) in [5.74, 6) is 1.50. The molecule has 5 nitrogen and oxygen atoms in total. The molecule has 0 aliphatic rings. The zero-order valence-corrected chi connectivity index (χ0v) is 14.0. The highest BCUT2D eigenvalue weighted by atomic mass is 32.1. The van der Waals surface area contributed by atoms with E-state index in [-0.39, 0.29) is 12.0 Å². The third-order valence-electron chi connectivity index (χ3n) is 3.54. The lowest BCUT2D eigenvalue weighted by atomic mass is 9.90. The van der Waals surface area contributed by atoms with Gasteiger partial charge in [0.1, 0.15) is 10.6 Å². The molecular weight excluding hydrogens is 284 g/mol. The summed E-state index contributed by atoms with van der Waals surface area (Å²) >= 11 is 1.71. The summed E-state index contributed by atoms with van der Waals surface area (Å²) in [5, 5.41) is 16.6. The van der Waals surface area contributed by atoms with Gasteiger partial charge in [0.25, 0.3) is 0 Å². The van der Waals surface area contributed by atoms with Crippen LogP contribution in [0.2, 0.25) is 0 Å². The van der Waals surface area contributed by atoms with Gasteiger partial charge >= 0.3 is 0 Å². The van der Waals surface area contributed by atoms with E-state index in [1.807, 2.05) is 7.05 Å². The molecule has 2 aromatic heterocycles. The first kappa shape index (κ1) is 16.0. The number of aromatic nitrogens is 2. The van der Waals surface area contributed by atoms with E-state index < -0.39 is 0 Å². The second kappa shape index (κ2) is 6.58. The van der Waals surface area contributed by atoms with Crippen LogP contribution in [0.25, 0.3) is 10.2 Å². The van der Waals surface area contributed by atoms with Gasteiger partial charge in [-0.1, -0.05) is 20.8 Å². The predicted molar refractivity (Wildman–Crippen MR) is 90.3 cm³/mol. The van der Waals surface area contributed by atoms with Crippen molar-refractivity contribution in [2.45, 2.75) is 33.6 Å². The van der Waals surface area contributed by atoms with Crippen molar-refractivity contribution in [1.82, 2.24) is 9.97 Å². The summed E-state index contributed by atoms with van der Waals surface area (Å²) < 4.78 is 0. The number of anilines is 2. The molecule has 0 spiro atoms. The highest BCUT2D eigenvalue weighted by Crippen LogP contribution is 2.31. The average Bonchev–Trinajstić information content (AvgIpc) is 2.87. The van der Waals surface area contributed by atoms with Gasteiger partial charge in [0.15, 0.2) is 0 Å². The fourth-order valence-corrected chi connectivity index (χ4v) is 3.07. The van der Waals surface area contributed by atoms with E-state index in [0.29, 0.717) is 5.95 Å². The quantitative estimate of drug-likeness (QED) is 0.733. The minimum atomic E-state index is 0.0233. The Morgan fingerprint density at radius 3 is 2.71 bits per heavy atom. The topological polar surface area (TPSA) is 70.1 Å². The standard InChI is InChI=1S/C15H24N4OS/c1-5-10-8-11-12(17-9-15(2,3)6-7-20)18-14(16-4)19-13(11)21-10/h8,20H,5-7,9H2,1-4H3,(H2,16,17,18,19). The summed E-state index contributed by atoms with van der Waals surface area (Å²) in [6.45, 7) is 7.39. The van der Waals surface area contributed by atoms with E-state index in [1.165, 1.54) is 4.88 Å². The second-order valence-corrected chi connectivity index (χ2v) is 7.04. The Morgan fingerprint density at radius 2 is 2.10 bits per heavy atom. The Balaban J connectivity index is 2.30. The van der Waals surface area contributed by atoms with Crippen molar-refractivity contribution in [2.75, 3.05) is 30.8 Å². The van der Waals surface area contributed by atoms with Crippen molar-refractivity contribution in [1.29, 1.82) is 0 Å². The van der Waals surface area contributed by atoms with E-state index in [2.05, 4.69) is 47.4 Å². The van der Waals surface area contributed by atoms with Crippen molar-refractivity contribution >= 4 is 33.3 Å². The normalized spacial score (nSPS) is 11.9. The lowest BCUT2D eigenvalue weighted by Crippen LogP contribution is -2.24. The Bertz CT molecular complexity index is 609. The lowest BCUT2D eigenvalue weighted by molar-refractivity contribution is 0.220. The van der Waals surface area contributed by atoms with Crippen LogP contribution >= 0.6 is 11.3 Å². The predicted octanol–water partition coefficient (Wildman–Crippen LogP) is 3.12. The Kier molecular flexibility index (Phi) is 5.00. The minimum Gasteiger partial charge on any atom is -0.396 e. The van der Waals surface area contributed by atoms with E-state index in [4.69, 9.17) is 5.11 Å². The highest BCUT2D eigenvalue weighted by Gasteiger charge is 2.18.